The number of aliphatic hydroxyl groups is 1. The predicted octanol–water partition coefficient (Wildman–Crippen LogP) is 3.22. The first-order valence-electron chi connectivity index (χ1n) is 8.26. The Balaban J connectivity index is 1.84. The van der Waals surface area contributed by atoms with Gasteiger partial charge in [0.05, 0.1) is 0 Å². The summed E-state index contributed by atoms with van der Waals surface area (Å²) in [5.41, 5.74) is 4.32. The van der Waals surface area contributed by atoms with Gasteiger partial charge in [0.25, 0.3) is 0 Å². The van der Waals surface area contributed by atoms with Crippen LogP contribution in [-0.4, -0.2) is 34.8 Å². The zero-order valence-electron chi connectivity index (χ0n) is 13.9. The fourth-order valence-electron chi connectivity index (χ4n) is 3.73. The maximum Gasteiger partial charge on any atom is 0.122 e. The lowest BCUT2D eigenvalue weighted by Gasteiger charge is -2.21. The normalized spacial score (nSPS) is 21.7. The molecule has 1 fully saturated rings. The van der Waals surface area contributed by atoms with Crippen LogP contribution in [-0.2, 0) is 6.54 Å². The van der Waals surface area contributed by atoms with Crippen LogP contribution in [0.25, 0.3) is 0 Å². The van der Waals surface area contributed by atoms with E-state index in [2.05, 4.69) is 35.2 Å². The SMILES string of the molecule is Cc1ccc(C)c(C2CN(Cc3ccccc3)CC2CO)c1O. The number of phenolic OH excluding ortho intramolecular Hbond substituents is 1. The summed E-state index contributed by atoms with van der Waals surface area (Å²) in [7, 11) is 0. The van der Waals surface area contributed by atoms with Crippen LogP contribution < -0.4 is 0 Å². The number of aryl methyl sites for hydroxylation is 2. The van der Waals surface area contributed by atoms with Gasteiger partial charge in [-0.3, -0.25) is 4.90 Å². The average Bonchev–Trinajstić information content (AvgIpc) is 2.95. The van der Waals surface area contributed by atoms with Crippen molar-refractivity contribution in [1.29, 1.82) is 0 Å². The molecule has 1 aliphatic heterocycles. The zero-order valence-corrected chi connectivity index (χ0v) is 13.9. The molecule has 1 aliphatic rings. The summed E-state index contributed by atoms with van der Waals surface area (Å²) < 4.78 is 0. The Bertz CT molecular complexity index is 669. The van der Waals surface area contributed by atoms with E-state index >= 15 is 0 Å². The van der Waals surface area contributed by atoms with E-state index in [0.29, 0.717) is 5.75 Å². The van der Waals surface area contributed by atoms with Gasteiger partial charge in [-0.15, -0.1) is 0 Å². The van der Waals surface area contributed by atoms with Gasteiger partial charge < -0.3 is 10.2 Å². The van der Waals surface area contributed by atoms with Crippen molar-refractivity contribution in [2.24, 2.45) is 5.92 Å². The second-order valence-corrected chi connectivity index (χ2v) is 6.69. The molecule has 2 aromatic rings. The third-order valence-electron chi connectivity index (χ3n) is 5.01. The number of aliphatic hydroxyl groups excluding tert-OH is 1. The molecule has 2 unspecified atom stereocenters. The molecule has 0 bridgehead atoms. The van der Waals surface area contributed by atoms with Crippen molar-refractivity contribution in [2.45, 2.75) is 26.3 Å². The maximum atomic E-state index is 10.5. The lowest BCUT2D eigenvalue weighted by atomic mass is 9.85. The number of hydrogen-bond donors (Lipinski definition) is 2. The third kappa shape index (κ3) is 3.26. The van der Waals surface area contributed by atoms with E-state index < -0.39 is 0 Å². The van der Waals surface area contributed by atoms with E-state index in [1.165, 1.54) is 5.56 Å². The van der Waals surface area contributed by atoms with Crippen LogP contribution in [0.15, 0.2) is 42.5 Å². The Morgan fingerprint density at radius 2 is 1.70 bits per heavy atom. The van der Waals surface area contributed by atoms with Gasteiger partial charge >= 0.3 is 0 Å². The van der Waals surface area contributed by atoms with Crippen LogP contribution >= 0.6 is 0 Å². The van der Waals surface area contributed by atoms with E-state index in [0.717, 1.165) is 36.3 Å². The molecule has 3 heteroatoms. The lowest BCUT2D eigenvalue weighted by Crippen LogP contribution is -2.20. The summed E-state index contributed by atoms with van der Waals surface area (Å²) in [6, 6.07) is 14.4. The van der Waals surface area contributed by atoms with Crippen molar-refractivity contribution in [3.05, 3.63) is 64.7 Å². The molecule has 122 valence electrons. The quantitative estimate of drug-likeness (QED) is 0.911. The fourth-order valence-corrected chi connectivity index (χ4v) is 3.73. The first-order valence-corrected chi connectivity index (χ1v) is 8.26. The Labute approximate surface area is 138 Å². The molecule has 0 aromatic heterocycles. The number of aromatic hydroxyl groups is 1. The van der Waals surface area contributed by atoms with Crippen LogP contribution in [0, 0.1) is 19.8 Å². The van der Waals surface area contributed by atoms with E-state index in [-0.39, 0.29) is 18.4 Å². The minimum Gasteiger partial charge on any atom is -0.507 e. The molecular formula is C20H25NO2. The highest BCUT2D eigenvalue weighted by molar-refractivity contribution is 5.47. The Hall–Kier alpha value is -1.84. The standard InChI is InChI=1S/C20H25NO2/c1-14-8-9-15(2)20(23)19(14)18-12-21(11-17(18)13-22)10-16-6-4-3-5-7-16/h3-9,17-18,22-23H,10-13H2,1-2H3. The molecular weight excluding hydrogens is 286 g/mol. The van der Waals surface area contributed by atoms with Gasteiger partial charge in [0.15, 0.2) is 0 Å². The Morgan fingerprint density at radius 1 is 1.00 bits per heavy atom. The summed E-state index contributed by atoms with van der Waals surface area (Å²) in [6.45, 7) is 6.76. The molecule has 23 heavy (non-hydrogen) atoms. The van der Waals surface area contributed by atoms with Gasteiger partial charge in [-0.25, -0.2) is 0 Å². The van der Waals surface area contributed by atoms with Crippen LogP contribution in [0.4, 0.5) is 0 Å². The van der Waals surface area contributed by atoms with Gasteiger partial charge in [0.1, 0.15) is 5.75 Å². The molecule has 3 rings (SSSR count). The van der Waals surface area contributed by atoms with Crippen LogP contribution in [0.5, 0.6) is 5.75 Å². The summed E-state index contributed by atoms with van der Waals surface area (Å²) in [5.74, 6) is 0.753. The average molecular weight is 311 g/mol. The van der Waals surface area contributed by atoms with Gasteiger partial charge in [-0.1, -0.05) is 42.5 Å². The minimum atomic E-state index is 0.156. The van der Waals surface area contributed by atoms with E-state index in [1.54, 1.807) is 0 Å². The summed E-state index contributed by atoms with van der Waals surface area (Å²) in [5, 5.41) is 20.4. The monoisotopic (exact) mass is 311 g/mol. The first-order chi connectivity index (χ1) is 11.1. The molecule has 3 nitrogen and oxygen atoms in total. The highest BCUT2D eigenvalue weighted by atomic mass is 16.3. The minimum absolute atomic E-state index is 0.156. The van der Waals surface area contributed by atoms with E-state index in [4.69, 9.17) is 0 Å². The van der Waals surface area contributed by atoms with Gasteiger partial charge in [-0.2, -0.15) is 0 Å². The number of benzene rings is 2. The van der Waals surface area contributed by atoms with Crippen LogP contribution in [0.2, 0.25) is 0 Å². The maximum absolute atomic E-state index is 10.5. The first kappa shape index (κ1) is 16.0. The number of likely N-dealkylation sites (tertiary alicyclic amines) is 1. The molecule has 1 heterocycles. The summed E-state index contributed by atoms with van der Waals surface area (Å²) >= 11 is 0. The molecule has 0 radical (unpaired) electrons. The van der Waals surface area contributed by atoms with Crippen LogP contribution in [0.1, 0.15) is 28.2 Å². The number of phenols is 1. The second-order valence-electron chi connectivity index (χ2n) is 6.69. The van der Waals surface area contributed by atoms with Gasteiger partial charge in [-0.05, 0) is 30.5 Å². The Morgan fingerprint density at radius 3 is 2.39 bits per heavy atom. The van der Waals surface area contributed by atoms with Gasteiger partial charge in [0.2, 0.25) is 0 Å². The fraction of sp³-hybridized carbons (Fsp3) is 0.400. The smallest absolute Gasteiger partial charge is 0.122 e. The predicted molar refractivity (Wildman–Crippen MR) is 92.6 cm³/mol. The molecule has 0 aliphatic carbocycles. The summed E-state index contributed by atoms with van der Waals surface area (Å²) in [4.78, 5) is 2.38. The number of nitrogens with zero attached hydrogens (tertiary/aromatic N) is 1. The number of rotatable bonds is 4. The summed E-state index contributed by atoms with van der Waals surface area (Å²) in [6.07, 6.45) is 0. The topological polar surface area (TPSA) is 43.7 Å². The van der Waals surface area contributed by atoms with Crippen molar-refractivity contribution < 1.29 is 10.2 Å². The van der Waals surface area contributed by atoms with Crippen molar-refractivity contribution in [3.8, 4) is 5.75 Å². The number of hydrogen-bond acceptors (Lipinski definition) is 3. The third-order valence-corrected chi connectivity index (χ3v) is 5.01. The highest BCUT2D eigenvalue weighted by Gasteiger charge is 2.35. The zero-order chi connectivity index (χ0) is 16.4. The highest BCUT2D eigenvalue weighted by Crippen LogP contribution is 2.40. The molecule has 2 aromatic carbocycles. The molecule has 2 atom stereocenters. The second kappa shape index (κ2) is 6.73. The molecule has 0 amide bonds. The molecule has 0 spiro atoms. The van der Waals surface area contributed by atoms with Crippen molar-refractivity contribution >= 4 is 0 Å². The molecule has 2 N–H and O–H groups in total. The van der Waals surface area contributed by atoms with Gasteiger partial charge in [0, 0.05) is 43.6 Å². The van der Waals surface area contributed by atoms with Crippen molar-refractivity contribution in [3.63, 3.8) is 0 Å². The van der Waals surface area contributed by atoms with Crippen molar-refractivity contribution in [2.75, 3.05) is 19.7 Å². The van der Waals surface area contributed by atoms with E-state index in [9.17, 15) is 10.2 Å². The van der Waals surface area contributed by atoms with Crippen LogP contribution in [0.3, 0.4) is 0 Å². The van der Waals surface area contributed by atoms with Crippen molar-refractivity contribution in [1.82, 2.24) is 4.90 Å². The lowest BCUT2D eigenvalue weighted by molar-refractivity contribution is 0.213. The molecule has 0 saturated carbocycles. The Kier molecular flexibility index (Phi) is 4.69. The largest absolute Gasteiger partial charge is 0.507 e. The van der Waals surface area contributed by atoms with E-state index in [1.807, 2.05) is 26.0 Å². The molecule has 1 saturated heterocycles.